The summed E-state index contributed by atoms with van der Waals surface area (Å²) in [5, 5.41) is 9.96. The molecule has 1 N–H and O–H groups in total. The fourth-order valence-corrected chi connectivity index (χ4v) is 4.18. The molecule has 1 heterocycles. The van der Waals surface area contributed by atoms with Crippen molar-refractivity contribution in [3.63, 3.8) is 0 Å². The van der Waals surface area contributed by atoms with Gasteiger partial charge in [-0.3, -0.25) is 0 Å². The van der Waals surface area contributed by atoms with Crippen molar-refractivity contribution in [3.8, 4) is 0 Å². The zero-order valence-corrected chi connectivity index (χ0v) is 13.6. The van der Waals surface area contributed by atoms with Crippen LogP contribution in [0.2, 0.25) is 0 Å². The molecule has 0 atom stereocenters. The Morgan fingerprint density at radius 2 is 1.70 bits per heavy atom. The molecule has 1 aliphatic heterocycles. The number of likely N-dealkylation sites (tertiary alicyclic amines) is 1. The second-order valence-electron chi connectivity index (χ2n) is 7.15. The van der Waals surface area contributed by atoms with Crippen LogP contribution in [-0.4, -0.2) is 60.8 Å². The lowest BCUT2D eigenvalue weighted by Gasteiger charge is -2.41. The fourth-order valence-electron chi connectivity index (χ4n) is 4.18. The van der Waals surface area contributed by atoms with Gasteiger partial charge in [0.05, 0.1) is 0 Å². The quantitative estimate of drug-likeness (QED) is 0.786. The maximum atomic E-state index is 9.96. The van der Waals surface area contributed by atoms with E-state index in [1.807, 2.05) is 0 Å². The molecular formula is C17H34N2O. The van der Waals surface area contributed by atoms with E-state index in [9.17, 15) is 5.11 Å². The van der Waals surface area contributed by atoms with E-state index < -0.39 is 0 Å². The lowest BCUT2D eigenvalue weighted by Crippen LogP contribution is -2.47. The number of rotatable bonds is 5. The predicted molar refractivity (Wildman–Crippen MR) is 85.0 cm³/mol. The van der Waals surface area contributed by atoms with E-state index in [4.69, 9.17) is 0 Å². The largest absolute Gasteiger partial charge is 0.396 e. The summed E-state index contributed by atoms with van der Waals surface area (Å²) in [5.41, 5.74) is 0.188. The molecule has 0 amide bonds. The van der Waals surface area contributed by atoms with Gasteiger partial charge in [0.25, 0.3) is 0 Å². The number of aliphatic hydroxyl groups excluding tert-OH is 1. The minimum Gasteiger partial charge on any atom is -0.396 e. The molecule has 0 spiro atoms. The van der Waals surface area contributed by atoms with E-state index in [0.717, 1.165) is 12.6 Å². The van der Waals surface area contributed by atoms with E-state index in [0.29, 0.717) is 6.61 Å². The van der Waals surface area contributed by atoms with Gasteiger partial charge in [-0.15, -0.1) is 0 Å². The van der Waals surface area contributed by atoms with Gasteiger partial charge in [0.2, 0.25) is 0 Å². The van der Waals surface area contributed by atoms with E-state index in [1.165, 1.54) is 71.0 Å². The van der Waals surface area contributed by atoms with Crippen molar-refractivity contribution in [2.75, 3.05) is 39.8 Å². The first-order valence-corrected chi connectivity index (χ1v) is 8.72. The van der Waals surface area contributed by atoms with Gasteiger partial charge < -0.3 is 14.9 Å². The Balaban J connectivity index is 1.87. The highest BCUT2D eigenvalue weighted by molar-refractivity contribution is 4.87. The SMILES string of the molecule is CCN1CCC(N(C)CC2(CO)CCCCCC2)CC1. The third-order valence-electron chi connectivity index (χ3n) is 5.71. The van der Waals surface area contributed by atoms with Crippen molar-refractivity contribution in [1.29, 1.82) is 0 Å². The average Bonchev–Trinajstić information content (AvgIpc) is 2.73. The van der Waals surface area contributed by atoms with Crippen molar-refractivity contribution in [3.05, 3.63) is 0 Å². The van der Waals surface area contributed by atoms with E-state index in [1.54, 1.807) is 0 Å². The summed E-state index contributed by atoms with van der Waals surface area (Å²) >= 11 is 0. The number of hydrogen-bond donors (Lipinski definition) is 1. The first-order chi connectivity index (χ1) is 9.69. The van der Waals surface area contributed by atoms with E-state index in [2.05, 4.69) is 23.8 Å². The number of piperidine rings is 1. The molecule has 3 nitrogen and oxygen atoms in total. The van der Waals surface area contributed by atoms with Crippen LogP contribution in [0.3, 0.4) is 0 Å². The normalized spacial score (nSPS) is 25.8. The van der Waals surface area contributed by atoms with Crippen molar-refractivity contribution in [1.82, 2.24) is 9.80 Å². The van der Waals surface area contributed by atoms with Crippen LogP contribution < -0.4 is 0 Å². The van der Waals surface area contributed by atoms with E-state index >= 15 is 0 Å². The molecule has 0 aromatic carbocycles. The van der Waals surface area contributed by atoms with Crippen LogP contribution in [0.5, 0.6) is 0 Å². The fraction of sp³-hybridized carbons (Fsp3) is 1.00. The van der Waals surface area contributed by atoms with Crippen LogP contribution in [0.25, 0.3) is 0 Å². The summed E-state index contributed by atoms with van der Waals surface area (Å²) < 4.78 is 0. The summed E-state index contributed by atoms with van der Waals surface area (Å²) in [5.74, 6) is 0. The highest BCUT2D eigenvalue weighted by Crippen LogP contribution is 2.36. The Morgan fingerprint density at radius 1 is 1.10 bits per heavy atom. The first kappa shape index (κ1) is 16.3. The van der Waals surface area contributed by atoms with Gasteiger partial charge in [0.1, 0.15) is 0 Å². The summed E-state index contributed by atoms with van der Waals surface area (Å²) in [6, 6.07) is 0.726. The zero-order valence-electron chi connectivity index (χ0n) is 13.6. The minimum atomic E-state index is 0.188. The highest BCUT2D eigenvalue weighted by atomic mass is 16.3. The molecule has 1 saturated carbocycles. The monoisotopic (exact) mass is 282 g/mol. The topological polar surface area (TPSA) is 26.7 Å². The molecule has 1 saturated heterocycles. The molecule has 2 aliphatic rings. The summed E-state index contributed by atoms with van der Waals surface area (Å²) in [6.45, 7) is 7.42. The van der Waals surface area contributed by atoms with Gasteiger partial charge >= 0.3 is 0 Å². The van der Waals surface area contributed by atoms with Crippen molar-refractivity contribution in [2.24, 2.45) is 5.41 Å². The molecular weight excluding hydrogens is 248 g/mol. The Kier molecular flexibility index (Phi) is 6.31. The minimum absolute atomic E-state index is 0.188. The molecule has 118 valence electrons. The second-order valence-corrected chi connectivity index (χ2v) is 7.15. The lowest BCUT2D eigenvalue weighted by molar-refractivity contribution is 0.0378. The van der Waals surface area contributed by atoms with Crippen LogP contribution in [0, 0.1) is 5.41 Å². The Labute approximate surface area is 125 Å². The third-order valence-corrected chi connectivity index (χ3v) is 5.71. The van der Waals surface area contributed by atoms with Crippen LogP contribution in [0.15, 0.2) is 0 Å². The molecule has 20 heavy (non-hydrogen) atoms. The number of nitrogens with zero attached hydrogens (tertiary/aromatic N) is 2. The van der Waals surface area contributed by atoms with Gasteiger partial charge in [-0.1, -0.05) is 32.6 Å². The maximum absolute atomic E-state index is 9.96. The maximum Gasteiger partial charge on any atom is 0.0499 e. The van der Waals surface area contributed by atoms with Crippen molar-refractivity contribution >= 4 is 0 Å². The van der Waals surface area contributed by atoms with Gasteiger partial charge in [-0.25, -0.2) is 0 Å². The van der Waals surface area contributed by atoms with Crippen LogP contribution >= 0.6 is 0 Å². The molecule has 0 bridgehead atoms. The second kappa shape index (κ2) is 7.77. The number of hydrogen-bond acceptors (Lipinski definition) is 3. The van der Waals surface area contributed by atoms with Crippen LogP contribution in [-0.2, 0) is 0 Å². The molecule has 0 aromatic heterocycles. The molecule has 0 unspecified atom stereocenters. The summed E-state index contributed by atoms with van der Waals surface area (Å²) in [6.07, 6.45) is 10.4. The first-order valence-electron chi connectivity index (χ1n) is 8.72. The molecule has 1 aliphatic carbocycles. The van der Waals surface area contributed by atoms with Gasteiger partial charge in [0, 0.05) is 24.6 Å². The van der Waals surface area contributed by atoms with Gasteiger partial charge in [-0.05, 0) is 52.4 Å². The average molecular weight is 282 g/mol. The Morgan fingerprint density at radius 3 is 2.20 bits per heavy atom. The third kappa shape index (κ3) is 4.19. The standard InChI is InChI=1S/C17H34N2O/c1-3-19-12-8-16(9-13-19)18(2)14-17(15-20)10-6-4-5-7-11-17/h16,20H,3-15H2,1-2H3. The number of aliphatic hydroxyl groups is 1. The Bertz CT molecular complexity index is 266. The molecule has 0 radical (unpaired) electrons. The summed E-state index contributed by atoms with van der Waals surface area (Å²) in [4.78, 5) is 5.12. The van der Waals surface area contributed by atoms with Crippen molar-refractivity contribution in [2.45, 2.75) is 64.3 Å². The van der Waals surface area contributed by atoms with Crippen molar-refractivity contribution < 1.29 is 5.11 Å². The molecule has 2 rings (SSSR count). The predicted octanol–water partition coefficient (Wildman–Crippen LogP) is 2.74. The molecule has 2 fully saturated rings. The van der Waals surface area contributed by atoms with Gasteiger partial charge in [0.15, 0.2) is 0 Å². The highest BCUT2D eigenvalue weighted by Gasteiger charge is 2.33. The Hall–Kier alpha value is -0.120. The zero-order chi connectivity index (χ0) is 14.4. The van der Waals surface area contributed by atoms with E-state index in [-0.39, 0.29) is 5.41 Å². The van der Waals surface area contributed by atoms with Gasteiger partial charge in [-0.2, -0.15) is 0 Å². The van der Waals surface area contributed by atoms with Crippen LogP contribution in [0.1, 0.15) is 58.3 Å². The lowest BCUT2D eigenvalue weighted by atomic mass is 9.80. The summed E-state index contributed by atoms with van der Waals surface area (Å²) in [7, 11) is 2.29. The smallest absolute Gasteiger partial charge is 0.0499 e. The molecule has 3 heteroatoms. The molecule has 0 aromatic rings. The van der Waals surface area contributed by atoms with Crippen LogP contribution in [0.4, 0.5) is 0 Å².